The highest BCUT2D eigenvalue weighted by molar-refractivity contribution is 6.43. The third kappa shape index (κ3) is 3.57. The van der Waals surface area contributed by atoms with Gasteiger partial charge < -0.3 is 15.4 Å². The highest BCUT2D eigenvalue weighted by atomic mass is 35.5. The number of fused-ring (bicyclic) bond motifs is 1. The number of ether oxygens (including phenoxy) is 1. The number of hydrogen-bond acceptors (Lipinski definition) is 5. The molecule has 0 bridgehead atoms. The molecule has 168 valence electrons. The predicted octanol–water partition coefficient (Wildman–Crippen LogP) is 4.26. The van der Waals surface area contributed by atoms with Crippen LogP contribution < -0.4 is 20.9 Å². The molecule has 2 aromatic carbocycles. The van der Waals surface area contributed by atoms with Crippen LogP contribution in [0.5, 0.6) is 5.75 Å². The summed E-state index contributed by atoms with van der Waals surface area (Å²) in [6.07, 6.45) is 6.94. The van der Waals surface area contributed by atoms with Crippen molar-refractivity contribution < 1.29 is 4.74 Å². The summed E-state index contributed by atoms with van der Waals surface area (Å²) in [6, 6.07) is 12.2. The first-order chi connectivity index (χ1) is 15.8. The van der Waals surface area contributed by atoms with Gasteiger partial charge >= 0.3 is 0 Å². The minimum Gasteiger partial charge on any atom is -0.485 e. The number of halogens is 2. The summed E-state index contributed by atoms with van der Waals surface area (Å²) < 4.78 is 7.83. The van der Waals surface area contributed by atoms with Gasteiger partial charge in [0.05, 0.1) is 21.8 Å². The molecular formula is C25H22Cl2N4O2. The predicted molar refractivity (Wildman–Crippen MR) is 131 cm³/mol. The minimum atomic E-state index is -0.482. The van der Waals surface area contributed by atoms with Crippen molar-refractivity contribution in [1.82, 2.24) is 9.55 Å². The van der Waals surface area contributed by atoms with Crippen molar-refractivity contribution in [3.8, 4) is 23.8 Å². The fourth-order valence-electron chi connectivity index (χ4n) is 4.77. The lowest BCUT2D eigenvalue weighted by Crippen LogP contribution is -2.51. The van der Waals surface area contributed by atoms with Crippen molar-refractivity contribution in [3.63, 3.8) is 0 Å². The molecule has 33 heavy (non-hydrogen) atoms. The summed E-state index contributed by atoms with van der Waals surface area (Å²) in [5.41, 5.74) is 8.17. The maximum atomic E-state index is 13.0. The fraction of sp³-hybridized carbons (Fsp3) is 0.280. The van der Waals surface area contributed by atoms with Gasteiger partial charge in [-0.2, -0.15) is 0 Å². The van der Waals surface area contributed by atoms with Gasteiger partial charge in [-0.1, -0.05) is 41.3 Å². The van der Waals surface area contributed by atoms with Crippen molar-refractivity contribution in [1.29, 1.82) is 0 Å². The van der Waals surface area contributed by atoms with E-state index in [1.165, 1.54) is 10.6 Å². The lowest BCUT2D eigenvalue weighted by atomic mass is 9.83. The van der Waals surface area contributed by atoms with Crippen molar-refractivity contribution in [2.24, 2.45) is 5.73 Å². The largest absolute Gasteiger partial charge is 0.485 e. The van der Waals surface area contributed by atoms with Crippen molar-refractivity contribution >= 4 is 29.0 Å². The Labute approximate surface area is 201 Å². The summed E-state index contributed by atoms with van der Waals surface area (Å²) in [7, 11) is 0. The Bertz CT molecular complexity index is 1350. The number of nitrogens with two attached hydrogens (primary N) is 1. The first-order valence-electron chi connectivity index (χ1n) is 10.7. The van der Waals surface area contributed by atoms with Crippen LogP contribution in [0.15, 0.2) is 47.3 Å². The Morgan fingerprint density at radius 1 is 1.21 bits per heavy atom. The highest BCUT2D eigenvalue weighted by Gasteiger charge is 2.48. The Morgan fingerprint density at radius 2 is 1.97 bits per heavy atom. The van der Waals surface area contributed by atoms with Gasteiger partial charge in [-0.15, -0.1) is 6.42 Å². The van der Waals surface area contributed by atoms with Crippen LogP contribution in [0, 0.1) is 19.3 Å². The molecule has 2 aliphatic heterocycles. The summed E-state index contributed by atoms with van der Waals surface area (Å²) in [5, 5.41) is 0.702. The van der Waals surface area contributed by atoms with Crippen molar-refractivity contribution in [2.75, 3.05) is 18.0 Å². The molecule has 6 nitrogen and oxygen atoms in total. The van der Waals surface area contributed by atoms with Crippen LogP contribution in [-0.4, -0.2) is 28.2 Å². The Hall–Kier alpha value is -2.98. The molecule has 0 unspecified atom stereocenters. The quantitative estimate of drug-likeness (QED) is 0.554. The molecule has 1 aromatic heterocycles. The third-order valence-corrected chi connectivity index (χ3v) is 7.38. The van der Waals surface area contributed by atoms with E-state index >= 15 is 0 Å². The molecule has 0 saturated carbocycles. The van der Waals surface area contributed by atoms with Gasteiger partial charge in [-0.05, 0) is 31.2 Å². The number of piperidine rings is 1. The first-order valence-corrected chi connectivity index (χ1v) is 11.4. The summed E-state index contributed by atoms with van der Waals surface area (Å²) in [5.74, 6) is 4.56. The van der Waals surface area contributed by atoms with E-state index in [0.717, 1.165) is 16.9 Å². The summed E-state index contributed by atoms with van der Waals surface area (Å²) >= 11 is 12.5. The molecule has 5 rings (SSSR count). The van der Waals surface area contributed by atoms with Gasteiger partial charge in [0.1, 0.15) is 23.0 Å². The molecule has 1 fully saturated rings. The van der Waals surface area contributed by atoms with Gasteiger partial charge in [-0.25, -0.2) is 4.98 Å². The monoisotopic (exact) mass is 480 g/mol. The number of terminal acetylenes is 1. The highest BCUT2D eigenvalue weighted by Crippen LogP contribution is 2.47. The maximum absolute atomic E-state index is 13.0. The second-order valence-corrected chi connectivity index (χ2v) is 9.22. The van der Waals surface area contributed by atoms with E-state index in [9.17, 15) is 4.79 Å². The van der Waals surface area contributed by atoms with Crippen LogP contribution in [0.3, 0.4) is 0 Å². The molecule has 0 aliphatic carbocycles. The lowest BCUT2D eigenvalue weighted by Gasteiger charge is -2.41. The standard InChI is InChI=1S/C25H22Cl2N4O2/c1-3-16-7-8-17-20(13-16)33-25(24(17)28)9-11-30(12-10-25)21-14-22(32)31(15(2)29-21)19-6-4-5-18(26)23(19)27/h1,4-8,13-14,24H,9-12,28H2,2H3/t24-/m1/s1. The van der Waals surface area contributed by atoms with Gasteiger partial charge in [0.15, 0.2) is 0 Å². The van der Waals surface area contributed by atoms with Crippen LogP contribution in [0.4, 0.5) is 5.82 Å². The van der Waals surface area contributed by atoms with E-state index in [0.29, 0.717) is 53.3 Å². The van der Waals surface area contributed by atoms with Crippen LogP contribution in [0.25, 0.3) is 5.69 Å². The minimum absolute atomic E-state index is 0.218. The average molecular weight is 481 g/mol. The van der Waals surface area contributed by atoms with Gasteiger partial charge in [0.2, 0.25) is 0 Å². The van der Waals surface area contributed by atoms with Crippen molar-refractivity contribution in [3.05, 3.63) is 79.8 Å². The number of anilines is 1. The second-order valence-electron chi connectivity index (χ2n) is 8.44. The van der Waals surface area contributed by atoms with Crippen LogP contribution in [-0.2, 0) is 0 Å². The van der Waals surface area contributed by atoms with E-state index in [4.69, 9.17) is 45.1 Å². The molecule has 8 heteroatoms. The zero-order valence-electron chi connectivity index (χ0n) is 18.0. The number of aromatic nitrogens is 2. The molecule has 0 radical (unpaired) electrons. The Morgan fingerprint density at radius 3 is 2.67 bits per heavy atom. The van der Waals surface area contributed by atoms with Gasteiger partial charge in [0, 0.05) is 43.1 Å². The second kappa shape index (κ2) is 8.11. The summed E-state index contributed by atoms with van der Waals surface area (Å²) in [6.45, 7) is 3.11. The molecule has 0 amide bonds. The number of benzene rings is 2. The van der Waals surface area contributed by atoms with Crippen LogP contribution in [0.1, 0.15) is 35.8 Å². The molecule has 1 spiro atoms. The van der Waals surface area contributed by atoms with Crippen LogP contribution in [0.2, 0.25) is 10.0 Å². The molecule has 2 aliphatic rings. The molecular weight excluding hydrogens is 459 g/mol. The third-order valence-electron chi connectivity index (χ3n) is 6.57. The fourth-order valence-corrected chi connectivity index (χ4v) is 5.15. The van der Waals surface area contributed by atoms with E-state index in [2.05, 4.69) is 10.8 Å². The average Bonchev–Trinajstić information content (AvgIpc) is 3.07. The SMILES string of the molecule is C#Cc1ccc2c(c1)OC1(CCN(c3cc(=O)n(-c4cccc(Cl)c4Cl)c(C)n3)CC1)[C@@H]2N. The summed E-state index contributed by atoms with van der Waals surface area (Å²) in [4.78, 5) is 19.8. The number of rotatable bonds is 2. The lowest BCUT2D eigenvalue weighted by molar-refractivity contribution is 0.0431. The number of hydrogen-bond donors (Lipinski definition) is 1. The number of nitrogens with zero attached hydrogens (tertiary/aromatic N) is 3. The van der Waals surface area contributed by atoms with E-state index in [-0.39, 0.29) is 11.6 Å². The van der Waals surface area contributed by atoms with Gasteiger partial charge in [0.25, 0.3) is 5.56 Å². The molecule has 2 N–H and O–H groups in total. The van der Waals surface area contributed by atoms with E-state index < -0.39 is 5.60 Å². The zero-order chi connectivity index (χ0) is 23.3. The molecule has 1 saturated heterocycles. The molecule has 3 aromatic rings. The van der Waals surface area contributed by atoms with Gasteiger partial charge in [-0.3, -0.25) is 9.36 Å². The molecule has 1 atom stereocenters. The first kappa shape index (κ1) is 21.8. The Kier molecular flexibility index (Phi) is 5.37. The smallest absolute Gasteiger partial charge is 0.260 e. The topological polar surface area (TPSA) is 73.4 Å². The van der Waals surface area contributed by atoms with E-state index in [1.807, 2.05) is 18.2 Å². The van der Waals surface area contributed by atoms with Crippen molar-refractivity contribution in [2.45, 2.75) is 31.4 Å². The number of aryl methyl sites for hydroxylation is 1. The molecule has 3 heterocycles. The Balaban J connectivity index is 1.39. The van der Waals surface area contributed by atoms with E-state index in [1.54, 1.807) is 25.1 Å². The van der Waals surface area contributed by atoms with Crippen LogP contribution >= 0.6 is 23.2 Å². The maximum Gasteiger partial charge on any atom is 0.260 e. The normalized spacial score (nSPS) is 18.6. The zero-order valence-corrected chi connectivity index (χ0v) is 19.5.